The van der Waals surface area contributed by atoms with Gasteiger partial charge in [0.2, 0.25) is 0 Å². The van der Waals surface area contributed by atoms with Crippen LogP contribution in [0.25, 0.3) is 0 Å². The van der Waals surface area contributed by atoms with E-state index < -0.39 is 29.0 Å². The Bertz CT molecular complexity index is 953. The van der Waals surface area contributed by atoms with Gasteiger partial charge in [0, 0.05) is 25.4 Å². The summed E-state index contributed by atoms with van der Waals surface area (Å²) in [7, 11) is 0. The number of morpholine rings is 1. The van der Waals surface area contributed by atoms with Crippen LogP contribution in [0.4, 0.5) is 8.78 Å². The van der Waals surface area contributed by atoms with E-state index in [4.69, 9.17) is 10.00 Å². The van der Waals surface area contributed by atoms with Crippen LogP contribution in [0.1, 0.15) is 33.3 Å². The first-order valence-electron chi connectivity index (χ1n) is 8.56. The first-order chi connectivity index (χ1) is 13.3. The highest BCUT2D eigenvalue weighted by atomic mass is 19.1. The second-order valence-electron chi connectivity index (χ2n) is 6.75. The quantitative estimate of drug-likeness (QED) is 0.835. The maximum absolute atomic E-state index is 13.9. The van der Waals surface area contributed by atoms with E-state index in [9.17, 15) is 18.4 Å². The van der Waals surface area contributed by atoms with Crippen molar-refractivity contribution in [3.63, 3.8) is 0 Å². The Morgan fingerprint density at radius 2 is 2.18 bits per heavy atom. The van der Waals surface area contributed by atoms with Gasteiger partial charge in [0.15, 0.2) is 0 Å². The Balaban J connectivity index is 1.65. The van der Waals surface area contributed by atoms with Crippen LogP contribution in [0.3, 0.4) is 0 Å². The molecule has 2 amide bonds. The van der Waals surface area contributed by atoms with E-state index in [-0.39, 0.29) is 37.5 Å². The fourth-order valence-electron chi connectivity index (χ4n) is 3.00. The summed E-state index contributed by atoms with van der Waals surface area (Å²) in [6, 6.07) is 6.15. The Morgan fingerprint density at radius 3 is 2.86 bits per heavy atom. The molecule has 1 aliphatic rings. The highest BCUT2D eigenvalue weighted by Crippen LogP contribution is 2.20. The Kier molecular flexibility index (Phi) is 5.42. The molecule has 1 aromatic carbocycles. The van der Waals surface area contributed by atoms with E-state index in [1.54, 1.807) is 6.92 Å². The fraction of sp³-hybridized carbons (Fsp3) is 0.316. The molecule has 0 bridgehead atoms. The van der Waals surface area contributed by atoms with Gasteiger partial charge in [-0.25, -0.2) is 8.78 Å². The Hall–Kier alpha value is -3.25. The van der Waals surface area contributed by atoms with Crippen molar-refractivity contribution in [3.8, 4) is 6.07 Å². The summed E-state index contributed by atoms with van der Waals surface area (Å²) in [5.41, 5.74) is -0.532. The van der Waals surface area contributed by atoms with E-state index >= 15 is 0 Å². The van der Waals surface area contributed by atoms with Crippen molar-refractivity contribution >= 4 is 11.8 Å². The van der Waals surface area contributed by atoms with Crippen molar-refractivity contribution in [2.24, 2.45) is 0 Å². The summed E-state index contributed by atoms with van der Waals surface area (Å²) >= 11 is 0. The number of hydrogen-bond acceptors (Lipinski definition) is 4. The lowest BCUT2D eigenvalue weighted by Gasteiger charge is -2.40. The van der Waals surface area contributed by atoms with Crippen LogP contribution in [0, 0.1) is 23.0 Å². The average Bonchev–Trinajstić information content (AvgIpc) is 3.15. The van der Waals surface area contributed by atoms with Gasteiger partial charge in [-0.1, -0.05) is 0 Å². The predicted molar refractivity (Wildman–Crippen MR) is 94.5 cm³/mol. The van der Waals surface area contributed by atoms with Gasteiger partial charge in [-0.3, -0.25) is 9.59 Å². The third kappa shape index (κ3) is 4.18. The molecular formula is C19H18F2N4O3. The monoisotopic (exact) mass is 388 g/mol. The van der Waals surface area contributed by atoms with Crippen LogP contribution >= 0.6 is 0 Å². The first-order valence-corrected chi connectivity index (χ1v) is 8.56. The molecule has 28 heavy (non-hydrogen) atoms. The predicted octanol–water partition coefficient (Wildman–Crippen LogP) is 1.83. The number of nitrogens with zero attached hydrogens (tertiary/aromatic N) is 2. The van der Waals surface area contributed by atoms with E-state index in [1.807, 2.05) is 6.07 Å². The minimum atomic E-state index is -0.925. The van der Waals surface area contributed by atoms with Crippen molar-refractivity contribution < 1.29 is 23.1 Å². The number of amides is 2. The summed E-state index contributed by atoms with van der Waals surface area (Å²) in [5, 5.41) is 11.5. The van der Waals surface area contributed by atoms with Gasteiger partial charge in [0.25, 0.3) is 11.8 Å². The Labute approximate surface area is 159 Å². The highest BCUT2D eigenvalue weighted by Gasteiger charge is 2.35. The molecule has 3 rings (SSSR count). The largest absolute Gasteiger partial charge is 0.370 e. The fourth-order valence-corrected chi connectivity index (χ4v) is 3.00. The molecule has 0 saturated carbocycles. The summed E-state index contributed by atoms with van der Waals surface area (Å²) < 4.78 is 32.7. The van der Waals surface area contributed by atoms with Crippen molar-refractivity contribution in [2.45, 2.75) is 12.5 Å². The SMILES string of the molecule is CC1(CNC(=O)c2cc(C#N)c[nH]2)CN(C(=O)c2ccc(F)cc2F)CCO1. The molecule has 0 radical (unpaired) electrons. The molecule has 1 unspecified atom stereocenters. The summed E-state index contributed by atoms with van der Waals surface area (Å²) in [6.07, 6.45) is 1.42. The van der Waals surface area contributed by atoms with Gasteiger partial charge >= 0.3 is 0 Å². The molecule has 1 saturated heterocycles. The lowest BCUT2D eigenvalue weighted by Crippen LogP contribution is -2.57. The first kappa shape index (κ1) is 19.5. The molecule has 2 heterocycles. The molecule has 7 nitrogen and oxygen atoms in total. The third-order valence-electron chi connectivity index (χ3n) is 4.47. The van der Waals surface area contributed by atoms with Crippen LogP contribution < -0.4 is 5.32 Å². The van der Waals surface area contributed by atoms with E-state index in [1.165, 1.54) is 17.2 Å². The topological polar surface area (TPSA) is 98.2 Å². The molecule has 2 aromatic rings. The second-order valence-corrected chi connectivity index (χ2v) is 6.75. The summed E-state index contributed by atoms with van der Waals surface area (Å²) in [5.74, 6) is -2.67. The van der Waals surface area contributed by atoms with Crippen LogP contribution in [0.2, 0.25) is 0 Å². The number of nitriles is 1. The third-order valence-corrected chi connectivity index (χ3v) is 4.47. The van der Waals surface area contributed by atoms with Gasteiger partial charge in [-0.05, 0) is 25.1 Å². The number of aromatic amines is 1. The number of ether oxygens (including phenoxy) is 1. The van der Waals surface area contributed by atoms with E-state index in [0.717, 1.165) is 12.1 Å². The van der Waals surface area contributed by atoms with Gasteiger partial charge in [-0.15, -0.1) is 0 Å². The van der Waals surface area contributed by atoms with Crippen molar-refractivity contribution in [2.75, 3.05) is 26.2 Å². The number of carbonyl (C=O) groups is 2. The molecule has 1 aromatic heterocycles. The van der Waals surface area contributed by atoms with Gasteiger partial charge in [0.1, 0.15) is 29.0 Å². The summed E-state index contributed by atoms with van der Waals surface area (Å²) in [6.45, 7) is 2.41. The average molecular weight is 388 g/mol. The highest BCUT2D eigenvalue weighted by molar-refractivity contribution is 5.95. The number of rotatable bonds is 4. The molecule has 1 fully saturated rings. The number of halogens is 2. The zero-order valence-corrected chi connectivity index (χ0v) is 15.1. The number of hydrogen-bond donors (Lipinski definition) is 2. The van der Waals surface area contributed by atoms with Crippen LogP contribution in [-0.2, 0) is 4.74 Å². The molecule has 2 N–H and O–H groups in total. The summed E-state index contributed by atoms with van der Waals surface area (Å²) in [4.78, 5) is 28.9. The van der Waals surface area contributed by atoms with E-state index in [0.29, 0.717) is 11.6 Å². The smallest absolute Gasteiger partial charge is 0.267 e. The van der Waals surface area contributed by atoms with Crippen molar-refractivity contribution in [1.29, 1.82) is 5.26 Å². The minimum Gasteiger partial charge on any atom is -0.370 e. The van der Waals surface area contributed by atoms with Crippen molar-refractivity contribution in [1.82, 2.24) is 15.2 Å². The number of H-pyrrole nitrogens is 1. The molecule has 146 valence electrons. The lowest BCUT2D eigenvalue weighted by atomic mass is 10.0. The number of aromatic nitrogens is 1. The van der Waals surface area contributed by atoms with Crippen LogP contribution in [0.5, 0.6) is 0 Å². The normalized spacial score (nSPS) is 19.1. The molecule has 0 spiro atoms. The molecule has 1 aliphatic heterocycles. The van der Waals surface area contributed by atoms with Crippen molar-refractivity contribution in [3.05, 3.63) is 58.9 Å². The van der Waals surface area contributed by atoms with Gasteiger partial charge < -0.3 is 19.9 Å². The van der Waals surface area contributed by atoms with E-state index in [2.05, 4.69) is 10.3 Å². The van der Waals surface area contributed by atoms with Crippen LogP contribution in [0.15, 0.2) is 30.5 Å². The number of nitrogens with one attached hydrogen (secondary N) is 2. The van der Waals surface area contributed by atoms with Gasteiger partial charge in [-0.2, -0.15) is 5.26 Å². The van der Waals surface area contributed by atoms with Gasteiger partial charge in [0.05, 0.1) is 24.3 Å². The second kappa shape index (κ2) is 7.78. The lowest BCUT2D eigenvalue weighted by molar-refractivity contribution is -0.0851. The number of benzene rings is 1. The molecule has 1 atom stereocenters. The standard InChI is InChI=1S/C19H18F2N4O3/c1-19(10-24-17(26)16-6-12(8-22)9-23-16)11-25(4-5-28-19)18(27)14-3-2-13(20)7-15(14)21/h2-3,6-7,9,23H,4-5,10-11H2,1H3,(H,24,26). The zero-order valence-electron chi connectivity index (χ0n) is 15.1. The maximum Gasteiger partial charge on any atom is 0.267 e. The molecule has 9 heteroatoms. The number of carbonyl (C=O) groups excluding carboxylic acids is 2. The van der Waals surface area contributed by atoms with Crippen LogP contribution in [-0.4, -0.2) is 53.5 Å². The molecule has 0 aliphatic carbocycles. The maximum atomic E-state index is 13.9. The minimum absolute atomic E-state index is 0.0996. The zero-order chi connectivity index (χ0) is 20.3. The molecular weight excluding hydrogens is 370 g/mol. The Morgan fingerprint density at radius 1 is 1.39 bits per heavy atom.